The third kappa shape index (κ3) is 5.30. The van der Waals surface area contributed by atoms with Crippen LogP contribution in [0.5, 0.6) is 0 Å². The summed E-state index contributed by atoms with van der Waals surface area (Å²) in [4.78, 5) is 9.94. The Morgan fingerprint density at radius 3 is 2.56 bits per heavy atom. The highest BCUT2D eigenvalue weighted by Crippen LogP contribution is 2.02. The first kappa shape index (κ1) is 8.43. The van der Waals surface area contributed by atoms with E-state index in [2.05, 4.69) is 0 Å². The van der Waals surface area contributed by atoms with E-state index in [-0.39, 0.29) is 18.9 Å². The van der Waals surface area contributed by atoms with Crippen LogP contribution in [-0.4, -0.2) is 22.8 Å². The highest BCUT2D eigenvalue weighted by atomic mass is 16.4. The molecule has 0 aliphatic rings. The van der Waals surface area contributed by atoms with Crippen molar-refractivity contribution in [1.29, 1.82) is 0 Å². The first-order valence-corrected chi connectivity index (χ1v) is 2.99. The van der Waals surface area contributed by atoms with E-state index in [4.69, 9.17) is 10.2 Å². The lowest BCUT2D eigenvalue weighted by Crippen LogP contribution is -2.04. The Morgan fingerprint density at radius 2 is 2.22 bits per heavy atom. The zero-order chi connectivity index (χ0) is 7.28. The normalized spacial score (nSPS) is 13.1. The summed E-state index contributed by atoms with van der Waals surface area (Å²) < 4.78 is 0. The van der Waals surface area contributed by atoms with Gasteiger partial charge in [0.15, 0.2) is 0 Å². The van der Waals surface area contributed by atoms with Crippen molar-refractivity contribution in [2.45, 2.75) is 19.8 Å². The van der Waals surface area contributed by atoms with Gasteiger partial charge in [0.05, 0.1) is 0 Å². The first-order chi connectivity index (χ1) is 4.16. The number of rotatable bonds is 4. The second-order valence-electron chi connectivity index (χ2n) is 2.22. The molecule has 54 valence electrons. The van der Waals surface area contributed by atoms with Crippen molar-refractivity contribution in [2.75, 3.05) is 6.61 Å². The molecule has 0 aliphatic carbocycles. The van der Waals surface area contributed by atoms with E-state index in [9.17, 15) is 4.79 Å². The Bertz CT molecular complexity index is 90.3. The van der Waals surface area contributed by atoms with Gasteiger partial charge in [-0.2, -0.15) is 0 Å². The van der Waals surface area contributed by atoms with Crippen molar-refractivity contribution in [1.82, 2.24) is 0 Å². The van der Waals surface area contributed by atoms with Crippen LogP contribution in [-0.2, 0) is 4.79 Å². The zero-order valence-electron chi connectivity index (χ0n) is 5.50. The van der Waals surface area contributed by atoms with Crippen LogP contribution in [0.15, 0.2) is 0 Å². The van der Waals surface area contributed by atoms with E-state index in [1.165, 1.54) is 0 Å². The lowest BCUT2D eigenvalue weighted by molar-refractivity contribution is -0.137. The Morgan fingerprint density at radius 1 is 1.67 bits per heavy atom. The fraction of sp³-hybridized carbons (Fsp3) is 0.833. The van der Waals surface area contributed by atoms with Crippen LogP contribution >= 0.6 is 0 Å². The maximum atomic E-state index is 9.94. The van der Waals surface area contributed by atoms with Gasteiger partial charge in [0.2, 0.25) is 0 Å². The Hall–Kier alpha value is -0.570. The summed E-state index contributed by atoms with van der Waals surface area (Å²) in [6, 6.07) is 0. The van der Waals surface area contributed by atoms with Crippen molar-refractivity contribution in [3.05, 3.63) is 0 Å². The molecule has 0 fully saturated rings. The molecule has 0 spiro atoms. The standard InChI is InChI=1S/C6H12O3/c1-5(4-7)2-3-6(8)9/h5,7H,2-4H2,1H3,(H,8,9)/t5-/m1/s1. The third-order valence-corrected chi connectivity index (χ3v) is 1.16. The molecule has 2 N–H and O–H groups in total. The Labute approximate surface area is 54.3 Å². The minimum absolute atomic E-state index is 0.0767. The lowest BCUT2D eigenvalue weighted by Gasteiger charge is -2.02. The van der Waals surface area contributed by atoms with Crippen LogP contribution in [0.2, 0.25) is 0 Å². The van der Waals surface area contributed by atoms with Crippen molar-refractivity contribution < 1.29 is 15.0 Å². The number of aliphatic carboxylic acids is 1. The maximum absolute atomic E-state index is 9.94. The molecule has 0 aromatic heterocycles. The predicted molar refractivity (Wildman–Crippen MR) is 33.1 cm³/mol. The molecule has 0 aromatic carbocycles. The molecular weight excluding hydrogens is 120 g/mol. The molecule has 0 saturated carbocycles. The first-order valence-electron chi connectivity index (χ1n) is 2.99. The van der Waals surface area contributed by atoms with Gasteiger partial charge in [-0.05, 0) is 12.3 Å². The van der Waals surface area contributed by atoms with Gasteiger partial charge in [0.1, 0.15) is 0 Å². The second kappa shape index (κ2) is 4.32. The fourth-order valence-corrected chi connectivity index (χ4v) is 0.461. The Kier molecular flexibility index (Phi) is 4.05. The smallest absolute Gasteiger partial charge is 0.303 e. The molecular formula is C6H12O3. The number of carbonyl (C=O) groups is 1. The molecule has 3 nitrogen and oxygen atoms in total. The maximum Gasteiger partial charge on any atom is 0.303 e. The van der Waals surface area contributed by atoms with Crippen LogP contribution in [0, 0.1) is 5.92 Å². The summed E-state index contributed by atoms with van der Waals surface area (Å²) in [6.07, 6.45) is 0.716. The molecule has 9 heavy (non-hydrogen) atoms. The fourth-order valence-electron chi connectivity index (χ4n) is 0.461. The largest absolute Gasteiger partial charge is 0.481 e. The van der Waals surface area contributed by atoms with Crippen molar-refractivity contribution in [2.24, 2.45) is 5.92 Å². The van der Waals surface area contributed by atoms with Crippen molar-refractivity contribution in [3.63, 3.8) is 0 Å². The van der Waals surface area contributed by atoms with Gasteiger partial charge >= 0.3 is 5.97 Å². The van der Waals surface area contributed by atoms with Gasteiger partial charge < -0.3 is 10.2 Å². The molecule has 0 unspecified atom stereocenters. The minimum Gasteiger partial charge on any atom is -0.481 e. The van der Waals surface area contributed by atoms with Crippen LogP contribution in [0.4, 0.5) is 0 Å². The van der Waals surface area contributed by atoms with E-state index in [0.29, 0.717) is 6.42 Å². The molecule has 0 saturated heterocycles. The second-order valence-corrected chi connectivity index (χ2v) is 2.22. The van der Waals surface area contributed by atoms with Crippen LogP contribution in [0.25, 0.3) is 0 Å². The van der Waals surface area contributed by atoms with Crippen molar-refractivity contribution in [3.8, 4) is 0 Å². The van der Waals surface area contributed by atoms with Gasteiger partial charge in [0.25, 0.3) is 0 Å². The molecule has 3 heteroatoms. The zero-order valence-corrected chi connectivity index (χ0v) is 5.50. The number of hydrogen-bond donors (Lipinski definition) is 2. The van der Waals surface area contributed by atoms with E-state index in [0.717, 1.165) is 0 Å². The predicted octanol–water partition coefficient (Wildman–Crippen LogP) is 0.480. The van der Waals surface area contributed by atoms with E-state index >= 15 is 0 Å². The van der Waals surface area contributed by atoms with E-state index in [1.54, 1.807) is 0 Å². The minimum atomic E-state index is -0.796. The topological polar surface area (TPSA) is 57.5 Å². The molecule has 0 rings (SSSR count). The van der Waals surface area contributed by atoms with E-state index in [1.807, 2.05) is 6.92 Å². The summed E-state index contributed by atoms with van der Waals surface area (Å²) in [5.74, 6) is -0.684. The molecule has 1 atom stereocenters. The summed E-state index contributed by atoms with van der Waals surface area (Å²) in [5, 5.41) is 16.6. The lowest BCUT2D eigenvalue weighted by atomic mass is 10.1. The molecule has 0 amide bonds. The third-order valence-electron chi connectivity index (χ3n) is 1.16. The number of aliphatic hydroxyl groups excluding tert-OH is 1. The van der Waals surface area contributed by atoms with Gasteiger partial charge in [-0.15, -0.1) is 0 Å². The van der Waals surface area contributed by atoms with Crippen LogP contribution < -0.4 is 0 Å². The number of hydrogen-bond acceptors (Lipinski definition) is 2. The summed E-state index contributed by atoms with van der Waals surface area (Å²) in [5.41, 5.74) is 0. The molecule has 0 aromatic rings. The molecule has 0 bridgehead atoms. The molecule has 0 aliphatic heterocycles. The van der Waals surface area contributed by atoms with Gasteiger partial charge in [-0.1, -0.05) is 6.92 Å². The SMILES string of the molecule is C[C@@H](CO)CCC(=O)O. The van der Waals surface area contributed by atoms with Crippen molar-refractivity contribution >= 4 is 5.97 Å². The highest BCUT2D eigenvalue weighted by molar-refractivity contribution is 5.66. The van der Waals surface area contributed by atoms with Gasteiger partial charge in [0, 0.05) is 13.0 Å². The molecule has 0 heterocycles. The monoisotopic (exact) mass is 132 g/mol. The summed E-state index contributed by atoms with van der Waals surface area (Å²) in [6.45, 7) is 1.90. The van der Waals surface area contributed by atoms with Crippen LogP contribution in [0.1, 0.15) is 19.8 Å². The number of carboxylic acids is 1. The van der Waals surface area contributed by atoms with Crippen LogP contribution in [0.3, 0.4) is 0 Å². The van der Waals surface area contributed by atoms with E-state index < -0.39 is 5.97 Å². The molecule has 0 radical (unpaired) electrons. The number of aliphatic hydroxyl groups is 1. The summed E-state index contributed by atoms with van der Waals surface area (Å²) >= 11 is 0. The number of carboxylic acid groups (broad SMARTS) is 1. The average Bonchev–Trinajstić information content (AvgIpc) is 1.83. The summed E-state index contributed by atoms with van der Waals surface area (Å²) in [7, 11) is 0. The quantitative estimate of drug-likeness (QED) is 0.585. The Balaban J connectivity index is 3.16. The highest BCUT2D eigenvalue weighted by Gasteiger charge is 2.02. The van der Waals surface area contributed by atoms with Gasteiger partial charge in [-0.3, -0.25) is 4.79 Å². The van der Waals surface area contributed by atoms with Gasteiger partial charge in [-0.25, -0.2) is 0 Å². The average molecular weight is 132 g/mol.